The SMILES string of the molecule is CCOC[C@@H]1NCCCNC1=O. The van der Waals surface area contributed by atoms with E-state index in [4.69, 9.17) is 4.74 Å². The van der Waals surface area contributed by atoms with Gasteiger partial charge in [-0.25, -0.2) is 0 Å². The van der Waals surface area contributed by atoms with Crippen molar-refractivity contribution in [3.8, 4) is 0 Å². The van der Waals surface area contributed by atoms with Crippen molar-refractivity contribution in [2.24, 2.45) is 0 Å². The molecule has 0 saturated carbocycles. The molecule has 12 heavy (non-hydrogen) atoms. The molecule has 0 aliphatic carbocycles. The number of carbonyl (C=O) groups is 1. The van der Waals surface area contributed by atoms with Crippen molar-refractivity contribution in [2.75, 3.05) is 26.3 Å². The Bertz CT molecular complexity index is 150. The number of rotatable bonds is 3. The molecule has 0 aromatic heterocycles. The molecule has 1 saturated heterocycles. The molecule has 2 N–H and O–H groups in total. The van der Waals surface area contributed by atoms with Gasteiger partial charge in [0.15, 0.2) is 0 Å². The van der Waals surface area contributed by atoms with Crippen LogP contribution in [0.5, 0.6) is 0 Å². The average molecular weight is 172 g/mol. The van der Waals surface area contributed by atoms with E-state index in [1.807, 2.05) is 6.92 Å². The molecule has 1 aliphatic rings. The third kappa shape index (κ3) is 2.79. The maximum atomic E-state index is 11.3. The maximum absolute atomic E-state index is 11.3. The highest BCUT2D eigenvalue weighted by molar-refractivity contribution is 5.82. The molecule has 4 nitrogen and oxygen atoms in total. The monoisotopic (exact) mass is 172 g/mol. The Hall–Kier alpha value is -0.610. The zero-order chi connectivity index (χ0) is 8.81. The first-order valence-electron chi connectivity index (χ1n) is 4.43. The van der Waals surface area contributed by atoms with E-state index >= 15 is 0 Å². The molecule has 1 atom stereocenters. The molecule has 70 valence electrons. The second-order valence-corrected chi connectivity index (χ2v) is 2.81. The number of nitrogens with one attached hydrogen (secondary N) is 2. The molecule has 0 unspecified atom stereocenters. The van der Waals surface area contributed by atoms with Crippen LogP contribution in [0.3, 0.4) is 0 Å². The molecule has 1 rings (SSSR count). The molecule has 0 radical (unpaired) electrons. The van der Waals surface area contributed by atoms with Gasteiger partial charge in [-0.05, 0) is 19.9 Å². The fourth-order valence-electron chi connectivity index (χ4n) is 1.16. The number of hydrogen-bond donors (Lipinski definition) is 2. The van der Waals surface area contributed by atoms with Crippen molar-refractivity contribution in [2.45, 2.75) is 19.4 Å². The van der Waals surface area contributed by atoms with Gasteiger partial charge in [-0.1, -0.05) is 0 Å². The molecular formula is C8H16N2O2. The summed E-state index contributed by atoms with van der Waals surface area (Å²) < 4.78 is 5.18. The molecule has 1 fully saturated rings. The Morgan fingerprint density at radius 2 is 2.42 bits per heavy atom. The van der Waals surface area contributed by atoms with Crippen molar-refractivity contribution in [3.05, 3.63) is 0 Å². The molecular weight excluding hydrogens is 156 g/mol. The summed E-state index contributed by atoms with van der Waals surface area (Å²) in [4.78, 5) is 11.3. The highest BCUT2D eigenvalue weighted by Crippen LogP contribution is 1.92. The molecule has 1 aliphatic heterocycles. The van der Waals surface area contributed by atoms with Crippen LogP contribution in [0.15, 0.2) is 0 Å². The number of carbonyl (C=O) groups excluding carboxylic acids is 1. The van der Waals surface area contributed by atoms with Gasteiger partial charge in [-0.3, -0.25) is 4.79 Å². The number of amides is 1. The third-order valence-electron chi connectivity index (χ3n) is 1.85. The highest BCUT2D eigenvalue weighted by Gasteiger charge is 2.19. The standard InChI is InChI=1S/C8H16N2O2/c1-2-12-6-7-8(11)10-5-3-4-9-7/h7,9H,2-6H2,1H3,(H,10,11)/t7-/m0/s1. The van der Waals surface area contributed by atoms with Gasteiger partial charge >= 0.3 is 0 Å². The highest BCUT2D eigenvalue weighted by atomic mass is 16.5. The molecule has 4 heteroatoms. The minimum absolute atomic E-state index is 0.0564. The van der Waals surface area contributed by atoms with E-state index in [0.29, 0.717) is 13.2 Å². The van der Waals surface area contributed by atoms with Crippen molar-refractivity contribution >= 4 is 5.91 Å². The summed E-state index contributed by atoms with van der Waals surface area (Å²) in [7, 11) is 0. The van der Waals surface area contributed by atoms with Gasteiger partial charge in [0.25, 0.3) is 0 Å². The van der Waals surface area contributed by atoms with E-state index in [0.717, 1.165) is 19.5 Å². The molecule has 0 aromatic rings. The van der Waals surface area contributed by atoms with Crippen LogP contribution in [0.2, 0.25) is 0 Å². The lowest BCUT2D eigenvalue weighted by molar-refractivity contribution is -0.124. The predicted octanol–water partition coefficient (Wildman–Crippen LogP) is -0.499. The van der Waals surface area contributed by atoms with Gasteiger partial charge in [0.2, 0.25) is 5.91 Å². The lowest BCUT2D eigenvalue weighted by Gasteiger charge is -2.13. The first-order valence-corrected chi connectivity index (χ1v) is 4.43. The van der Waals surface area contributed by atoms with E-state index in [-0.39, 0.29) is 11.9 Å². The summed E-state index contributed by atoms with van der Waals surface area (Å²) in [6.07, 6.45) is 0.994. The fourth-order valence-corrected chi connectivity index (χ4v) is 1.16. The zero-order valence-corrected chi connectivity index (χ0v) is 7.43. The van der Waals surface area contributed by atoms with E-state index in [2.05, 4.69) is 10.6 Å². The lowest BCUT2D eigenvalue weighted by Crippen LogP contribution is -2.44. The maximum Gasteiger partial charge on any atom is 0.239 e. The van der Waals surface area contributed by atoms with Crippen molar-refractivity contribution in [3.63, 3.8) is 0 Å². The largest absolute Gasteiger partial charge is 0.380 e. The van der Waals surface area contributed by atoms with Crippen LogP contribution in [-0.4, -0.2) is 38.3 Å². The Kier molecular flexibility index (Phi) is 4.04. The lowest BCUT2D eigenvalue weighted by atomic mass is 10.3. The van der Waals surface area contributed by atoms with Crippen LogP contribution in [0, 0.1) is 0 Å². The van der Waals surface area contributed by atoms with E-state index in [1.54, 1.807) is 0 Å². The van der Waals surface area contributed by atoms with Gasteiger partial charge in [-0.2, -0.15) is 0 Å². The Labute approximate surface area is 72.7 Å². The second-order valence-electron chi connectivity index (χ2n) is 2.81. The summed E-state index contributed by atoms with van der Waals surface area (Å²) in [5, 5.41) is 5.95. The molecule has 1 heterocycles. The smallest absolute Gasteiger partial charge is 0.239 e. The molecule has 1 amide bonds. The quantitative estimate of drug-likeness (QED) is 0.603. The van der Waals surface area contributed by atoms with E-state index in [9.17, 15) is 4.79 Å². The summed E-state index contributed by atoms with van der Waals surface area (Å²) in [6.45, 7) is 4.72. The summed E-state index contributed by atoms with van der Waals surface area (Å²) in [5.41, 5.74) is 0. The van der Waals surface area contributed by atoms with Crippen LogP contribution < -0.4 is 10.6 Å². The fraction of sp³-hybridized carbons (Fsp3) is 0.875. The Balaban J connectivity index is 2.31. The van der Waals surface area contributed by atoms with Crippen molar-refractivity contribution in [1.82, 2.24) is 10.6 Å². The van der Waals surface area contributed by atoms with Crippen LogP contribution >= 0.6 is 0 Å². The van der Waals surface area contributed by atoms with E-state index in [1.165, 1.54) is 0 Å². The Morgan fingerprint density at radius 3 is 3.17 bits per heavy atom. The molecule has 0 spiro atoms. The zero-order valence-electron chi connectivity index (χ0n) is 7.43. The predicted molar refractivity (Wildman–Crippen MR) is 45.9 cm³/mol. The minimum atomic E-state index is -0.160. The number of ether oxygens (including phenoxy) is 1. The molecule has 0 aromatic carbocycles. The molecule has 0 bridgehead atoms. The van der Waals surface area contributed by atoms with Gasteiger partial charge in [0.1, 0.15) is 6.04 Å². The summed E-state index contributed by atoms with van der Waals surface area (Å²) in [5.74, 6) is 0.0564. The average Bonchev–Trinajstić information content (AvgIpc) is 2.27. The first kappa shape index (κ1) is 9.48. The normalized spacial score (nSPS) is 24.8. The third-order valence-corrected chi connectivity index (χ3v) is 1.85. The topological polar surface area (TPSA) is 50.4 Å². The van der Waals surface area contributed by atoms with Crippen LogP contribution in [-0.2, 0) is 9.53 Å². The van der Waals surface area contributed by atoms with Crippen LogP contribution in [0.1, 0.15) is 13.3 Å². The van der Waals surface area contributed by atoms with Gasteiger partial charge < -0.3 is 15.4 Å². The van der Waals surface area contributed by atoms with Crippen LogP contribution in [0.4, 0.5) is 0 Å². The van der Waals surface area contributed by atoms with Crippen molar-refractivity contribution in [1.29, 1.82) is 0 Å². The summed E-state index contributed by atoms with van der Waals surface area (Å²) >= 11 is 0. The van der Waals surface area contributed by atoms with E-state index < -0.39 is 0 Å². The van der Waals surface area contributed by atoms with Crippen LogP contribution in [0.25, 0.3) is 0 Å². The first-order chi connectivity index (χ1) is 5.84. The van der Waals surface area contributed by atoms with Crippen molar-refractivity contribution < 1.29 is 9.53 Å². The second kappa shape index (κ2) is 5.11. The minimum Gasteiger partial charge on any atom is -0.380 e. The Morgan fingerprint density at radius 1 is 1.58 bits per heavy atom. The summed E-state index contributed by atoms with van der Waals surface area (Å²) in [6, 6.07) is -0.160. The van der Waals surface area contributed by atoms with Gasteiger partial charge in [0.05, 0.1) is 6.61 Å². The van der Waals surface area contributed by atoms with Gasteiger partial charge in [-0.15, -0.1) is 0 Å². The van der Waals surface area contributed by atoms with Gasteiger partial charge in [0, 0.05) is 13.2 Å². The number of hydrogen-bond acceptors (Lipinski definition) is 3.